The fourth-order valence-corrected chi connectivity index (χ4v) is 1.14. The Morgan fingerprint density at radius 3 is 2.21 bits per heavy atom. The van der Waals surface area contributed by atoms with Crippen LogP contribution in [-0.2, 0) is 6.18 Å². The maximum Gasteiger partial charge on any atom is 0.418 e. The number of benzene rings is 1. The molecule has 0 heterocycles. The maximum absolute atomic E-state index is 12.5. The normalized spacial score (nSPS) is 11.5. The molecule has 0 saturated heterocycles. The van der Waals surface area contributed by atoms with Crippen molar-refractivity contribution in [1.29, 1.82) is 0 Å². The molecule has 0 unspecified atom stereocenters. The molecule has 1 N–H and O–H groups in total. The van der Waals surface area contributed by atoms with E-state index in [1.165, 1.54) is 31.1 Å². The van der Waals surface area contributed by atoms with Crippen LogP contribution in [-0.4, -0.2) is 19.2 Å². The van der Waals surface area contributed by atoms with Gasteiger partial charge in [0.15, 0.2) is 0 Å². The van der Waals surface area contributed by atoms with Gasteiger partial charge >= 0.3 is 6.18 Å². The molecule has 0 amide bonds. The van der Waals surface area contributed by atoms with E-state index in [-0.39, 0.29) is 11.4 Å². The monoisotopic (exact) mass is 205 g/mol. The highest BCUT2D eigenvalue weighted by Gasteiger charge is 2.34. The Hall–Kier alpha value is -1.39. The van der Waals surface area contributed by atoms with Gasteiger partial charge in [0.1, 0.15) is 5.75 Å². The Kier molecular flexibility index (Phi) is 2.59. The lowest BCUT2D eigenvalue weighted by Gasteiger charge is -2.19. The van der Waals surface area contributed by atoms with Crippen molar-refractivity contribution in [3.8, 4) is 5.75 Å². The molecule has 0 aliphatic heterocycles. The summed E-state index contributed by atoms with van der Waals surface area (Å²) in [4.78, 5) is 1.35. The lowest BCUT2D eigenvalue weighted by molar-refractivity contribution is -0.137. The number of hydrogen-bond acceptors (Lipinski definition) is 2. The van der Waals surface area contributed by atoms with Gasteiger partial charge in [0.05, 0.1) is 5.56 Å². The topological polar surface area (TPSA) is 23.5 Å². The molecule has 0 radical (unpaired) electrons. The summed E-state index contributed by atoms with van der Waals surface area (Å²) in [6, 6.07) is 3.18. The Balaban J connectivity index is 3.30. The maximum atomic E-state index is 12.5. The Labute approximate surface area is 79.6 Å². The van der Waals surface area contributed by atoms with E-state index >= 15 is 0 Å². The molecule has 0 aliphatic carbocycles. The Morgan fingerprint density at radius 2 is 1.79 bits per heavy atom. The van der Waals surface area contributed by atoms with E-state index in [2.05, 4.69) is 0 Å². The second kappa shape index (κ2) is 3.40. The van der Waals surface area contributed by atoms with E-state index < -0.39 is 11.7 Å². The lowest BCUT2D eigenvalue weighted by Crippen LogP contribution is -2.16. The van der Waals surface area contributed by atoms with Gasteiger partial charge in [-0.1, -0.05) is 0 Å². The predicted molar refractivity (Wildman–Crippen MR) is 47.4 cm³/mol. The van der Waals surface area contributed by atoms with E-state index in [9.17, 15) is 13.2 Å². The van der Waals surface area contributed by atoms with Crippen molar-refractivity contribution in [2.75, 3.05) is 19.0 Å². The predicted octanol–water partition coefficient (Wildman–Crippen LogP) is 2.48. The molecular weight excluding hydrogens is 195 g/mol. The molecule has 0 aliphatic rings. The third kappa shape index (κ3) is 2.10. The highest BCUT2D eigenvalue weighted by Crippen LogP contribution is 2.37. The van der Waals surface area contributed by atoms with E-state index in [1.54, 1.807) is 0 Å². The first-order valence-corrected chi connectivity index (χ1v) is 3.90. The van der Waals surface area contributed by atoms with Crippen LogP contribution in [0, 0.1) is 0 Å². The standard InChI is InChI=1S/C9H10F3NO/c1-13(2)8-4-3-6(14)5-7(8)9(10,11)12/h3-5,14H,1-2H3. The summed E-state index contributed by atoms with van der Waals surface area (Å²) >= 11 is 0. The number of alkyl halides is 3. The number of halogens is 3. The minimum atomic E-state index is -4.45. The number of phenolic OH excluding ortho intramolecular Hbond substituents is 1. The molecule has 0 fully saturated rings. The average Bonchev–Trinajstić information content (AvgIpc) is 2.01. The average molecular weight is 205 g/mol. The van der Waals surface area contributed by atoms with E-state index in [1.807, 2.05) is 0 Å². The summed E-state index contributed by atoms with van der Waals surface area (Å²) in [5, 5.41) is 8.96. The third-order valence-electron chi connectivity index (χ3n) is 1.77. The zero-order valence-electron chi connectivity index (χ0n) is 7.76. The summed E-state index contributed by atoms with van der Waals surface area (Å²) in [6.45, 7) is 0. The van der Waals surface area contributed by atoms with Crippen molar-refractivity contribution < 1.29 is 18.3 Å². The van der Waals surface area contributed by atoms with Gasteiger partial charge in [0.25, 0.3) is 0 Å². The second-order valence-electron chi connectivity index (χ2n) is 3.09. The molecule has 0 atom stereocenters. The molecule has 1 rings (SSSR count). The van der Waals surface area contributed by atoms with Crippen molar-refractivity contribution in [2.24, 2.45) is 0 Å². The van der Waals surface area contributed by atoms with Crippen molar-refractivity contribution in [2.45, 2.75) is 6.18 Å². The fraction of sp³-hybridized carbons (Fsp3) is 0.333. The van der Waals surface area contributed by atoms with Crippen LogP contribution in [0.25, 0.3) is 0 Å². The number of rotatable bonds is 1. The summed E-state index contributed by atoms with van der Waals surface area (Å²) in [6.07, 6.45) is -4.45. The van der Waals surface area contributed by atoms with Crippen molar-refractivity contribution >= 4 is 5.69 Å². The molecular formula is C9H10F3NO. The number of hydrogen-bond donors (Lipinski definition) is 1. The molecule has 2 nitrogen and oxygen atoms in total. The van der Waals surface area contributed by atoms with Crippen LogP contribution in [0.2, 0.25) is 0 Å². The molecule has 0 bridgehead atoms. The van der Waals surface area contributed by atoms with Gasteiger partial charge in [-0.3, -0.25) is 0 Å². The summed E-state index contributed by atoms with van der Waals surface area (Å²) in [5.41, 5.74) is -0.794. The molecule has 5 heteroatoms. The lowest BCUT2D eigenvalue weighted by atomic mass is 10.1. The summed E-state index contributed by atoms with van der Waals surface area (Å²) in [7, 11) is 3.03. The zero-order chi connectivity index (χ0) is 10.9. The molecule has 0 spiro atoms. The zero-order valence-corrected chi connectivity index (χ0v) is 7.76. The number of phenols is 1. The van der Waals surface area contributed by atoms with Gasteiger partial charge in [0, 0.05) is 19.8 Å². The highest BCUT2D eigenvalue weighted by atomic mass is 19.4. The van der Waals surface area contributed by atoms with Crippen molar-refractivity contribution in [3.63, 3.8) is 0 Å². The van der Waals surface area contributed by atoms with Gasteiger partial charge in [-0.05, 0) is 18.2 Å². The van der Waals surface area contributed by atoms with Crippen LogP contribution in [0.5, 0.6) is 5.75 Å². The van der Waals surface area contributed by atoms with Crippen LogP contribution in [0.3, 0.4) is 0 Å². The summed E-state index contributed by atoms with van der Waals surface area (Å²) < 4.78 is 37.4. The van der Waals surface area contributed by atoms with E-state index in [0.717, 1.165) is 6.07 Å². The van der Waals surface area contributed by atoms with Crippen LogP contribution in [0.4, 0.5) is 18.9 Å². The molecule has 1 aromatic rings. The molecule has 0 saturated carbocycles. The Morgan fingerprint density at radius 1 is 1.21 bits per heavy atom. The largest absolute Gasteiger partial charge is 0.508 e. The number of nitrogens with zero attached hydrogens (tertiary/aromatic N) is 1. The molecule has 78 valence electrons. The quantitative estimate of drug-likeness (QED) is 0.761. The minimum Gasteiger partial charge on any atom is -0.508 e. The van der Waals surface area contributed by atoms with Crippen LogP contribution >= 0.6 is 0 Å². The first kappa shape index (κ1) is 10.7. The summed E-state index contributed by atoms with van der Waals surface area (Å²) in [5.74, 6) is -0.386. The number of aromatic hydroxyl groups is 1. The van der Waals surface area contributed by atoms with Crippen LogP contribution in [0.1, 0.15) is 5.56 Å². The molecule has 1 aromatic carbocycles. The SMILES string of the molecule is CN(C)c1ccc(O)cc1C(F)(F)F. The first-order chi connectivity index (χ1) is 6.32. The smallest absolute Gasteiger partial charge is 0.418 e. The van der Waals surface area contributed by atoms with E-state index in [4.69, 9.17) is 5.11 Å². The van der Waals surface area contributed by atoms with E-state index in [0.29, 0.717) is 0 Å². The van der Waals surface area contributed by atoms with Crippen LogP contribution in [0.15, 0.2) is 18.2 Å². The second-order valence-corrected chi connectivity index (χ2v) is 3.09. The fourth-order valence-electron chi connectivity index (χ4n) is 1.14. The third-order valence-corrected chi connectivity index (χ3v) is 1.77. The molecule has 14 heavy (non-hydrogen) atoms. The van der Waals surface area contributed by atoms with Crippen molar-refractivity contribution in [3.05, 3.63) is 23.8 Å². The van der Waals surface area contributed by atoms with Gasteiger partial charge in [-0.25, -0.2) is 0 Å². The van der Waals surface area contributed by atoms with Crippen molar-refractivity contribution in [1.82, 2.24) is 0 Å². The van der Waals surface area contributed by atoms with Gasteiger partial charge in [-0.2, -0.15) is 13.2 Å². The number of anilines is 1. The van der Waals surface area contributed by atoms with Gasteiger partial charge in [-0.15, -0.1) is 0 Å². The van der Waals surface area contributed by atoms with Gasteiger partial charge < -0.3 is 10.0 Å². The molecule has 0 aromatic heterocycles. The highest BCUT2D eigenvalue weighted by molar-refractivity contribution is 5.56. The Bertz CT molecular complexity index is 333. The minimum absolute atomic E-state index is 0.0373. The van der Waals surface area contributed by atoms with Crippen LogP contribution < -0.4 is 4.90 Å². The first-order valence-electron chi connectivity index (χ1n) is 3.90. The van der Waals surface area contributed by atoms with Gasteiger partial charge in [0.2, 0.25) is 0 Å².